The lowest BCUT2D eigenvalue weighted by Crippen LogP contribution is -2.34. The van der Waals surface area contributed by atoms with E-state index in [1.807, 2.05) is 0 Å². The first-order chi connectivity index (χ1) is 8.13. The van der Waals surface area contributed by atoms with Crippen LogP contribution in [-0.2, 0) is 11.2 Å². The van der Waals surface area contributed by atoms with Gasteiger partial charge >= 0.3 is 0 Å². The normalized spacial score (nSPS) is 12.7. The van der Waals surface area contributed by atoms with Gasteiger partial charge in [-0.2, -0.15) is 0 Å². The van der Waals surface area contributed by atoms with Crippen molar-refractivity contribution in [1.82, 2.24) is 10.3 Å². The van der Waals surface area contributed by atoms with Crippen molar-refractivity contribution in [2.24, 2.45) is 5.84 Å². The lowest BCUT2D eigenvalue weighted by Gasteiger charge is -2.24. The molecular weight excluding hydrogens is 234 g/mol. The van der Waals surface area contributed by atoms with Crippen LogP contribution < -0.4 is 11.3 Å². The van der Waals surface area contributed by atoms with E-state index in [9.17, 15) is 4.79 Å². The third-order valence-corrected chi connectivity index (χ3v) is 3.93. The molecule has 1 heterocycles. The summed E-state index contributed by atoms with van der Waals surface area (Å²) >= 11 is 1.79. The van der Waals surface area contributed by atoms with E-state index in [1.54, 1.807) is 11.3 Å². The highest BCUT2D eigenvalue weighted by atomic mass is 32.1. The van der Waals surface area contributed by atoms with Gasteiger partial charge in [0.2, 0.25) is 5.91 Å². The van der Waals surface area contributed by atoms with Crippen LogP contribution >= 0.6 is 11.3 Å². The van der Waals surface area contributed by atoms with E-state index in [0.29, 0.717) is 12.5 Å². The molecule has 1 rings (SSSR count). The van der Waals surface area contributed by atoms with Crippen molar-refractivity contribution >= 4 is 17.2 Å². The van der Waals surface area contributed by atoms with Gasteiger partial charge in [0, 0.05) is 23.9 Å². The predicted octanol–water partition coefficient (Wildman–Crippen LogP) is 1.38. The standard InChI is InChI=1S/C12H21N3OS/c1-10(5-6-12(16)14-13)15(2)8-7-11-4-3-9-17-11/h3-4,9-10H,5-8,13H2,1-2H3,(H,14,16). The van der Waals surface area contributed by atoms with Crippen LogP contribution in [0.3, 0.4) is 0 Å². The molecule has 1 atom stereocenters. The summed E-state index contributed by atoms with van der Waals surface area (Å²) in [6.45, 7) is 3.16. The number of nitrogens with one attached hydrogen (secondary N) is 1. The molecule has 0 aromatic carbocycles. The van der Waals surface area contributed by atoms with Crippen molar-refractivity contribution in [3.05, 3.63) is 22.4 Å². The molecule has 1 amide bonds. The maximum Gasteiger partial charge on any atom is 0.233 e. The summed E-state index contributed by atoms with van der Waals surface area (Å²) < 4.78 is 0. The van der Waals surface area contributed by atoms with Gasteiger partial charge in [0.25, 0.3) is 0 Å². The number of carbonyl (C=O) groups is 1. The van der Waals surface area contributed by atoms with Crippen molar-refractivity contribution in [2.75, 3.05) is 13.6 Å². The molecule has 0 aliphatic heterocycles. The summed E-state index contributed by atoms with van der Waals surface area (Å²) in [7, 11) is 2.10. The van der Waals surface area contributed by atoms with Gasteiger partial charge in [-0.3, -0.25) is 10.2 Å². The largest absolute Gasteiger partial charge is 0.303 e. The van der Waals surface area contributed by atoms with Gasteiger partial charge < -0.3 is 4.90 Å². The minimum atomic E-state index is -0.0940. The SMILES string of the molecule is CC(CCC(=O)NN)N(C)CCc1cccs1. The van der Waals surface area contributed by atoms with Crippen LogP contribution in [0.2, 0.25) is 0 Å². The highest BCUT2D eigenvalue weighted by Gasteiger charge is 2.11. The average Bonchev–Trinajstić information content (AvgIpc) is 2.85. The Morgan fingerprint density at radius 1 is 1.65 bits per heavy atom. The molecule has 0 spiro atoms. The Hall–Kier alpha value is -0.910. The molecule has 0 saturated carbocycles. The van der Waals surface area contributed by atoms with E-state index in [1.165, 1.54) is 4.88 Å². The number of nitrogens with zero attached hydrogens (tertiary/aromatic N) is 1. The molecule has 0 bridgehead atoms. The van der Waals surface area contributed by atoms with Crippen molar-refractivity contribution in [3.63, 3.8) is 0 Å². The van der Waals surface area contributed by atoms with Crippen LogP contribution in [0, 0.1) is 0 Å². The van der Waals surface area contributed by atoms with Gasteiger partial charge in [0.05, 0.1) is 0 Å². The van der Waals surface area contributed by atoms with Crippen LogP contribution in [0.4, 0.5) is 0 Å². The molecule has 0 aliphatic rings. The lowest BCUT2D eigenvalue weighted by molar-refractivity contribution is -0.121. The number of carbonyl (C=O) groups excluding carboxylic acids is 1. The minimum Gasteiger partial charge on any atom is -0.303 e. The first kappa shape index (κ1) is 14.2. The molecule has 0 saturated heterocycles. The summed E-state index contributed by atoms with van der Waals surface area (Å²) in [6.07, 6.45) is 2.40. The second kappa shape index (κ2) is 7.42. The van der Waals surface area contributed by atoms with Crippen molar-refractivity contribution < 1.29 is 4.79 Å². The number of amides is 1. The zero-order valence-corrected chi connectivity index (χ0v) is 11.3. The van der Waals surface area contributed by atoms with Crippen LogP contribution in [-0.4, -0.2) is 30.4 Å². The van der Waals surface area contributed by atoms with Gasteiger partial charge in [-0.25, -0.2) is 5.84 Å². The molecule has 1 aromatic rings. The molecule has 17 heavy (non-hydrogen) atoms. The Morgan fingerprint density at radius 2 is 2.41 bits per heavy atom. The monoisotopic (exact) mass is 255 g/mol. The molecule has 5 heteroatoms. The zero-order chi connectivity index (χ0) is 12.7. The molecule has 0 aliphatic carbocycles. The number of rotatable bonds is 7. The Morgan fingerprint density at radius 3 is 3.00 bits per heavy atom. The van der Waals surface area contributed by atoms with Gasteiger partial charge in [0.1, 0.15) is 0 Å². The topological polar surface area (TPSA) is 58.4 Å². The number of hydrogen-bond donors (Lipinski definition) is 2. The average molecular weight is 255 g/mol. The van der Waals surface area contributed by atoms with Gasteiger partial charge in [0.15, 0.2) is 0 Å². The number of likely N-dealkylation sites (N-methyl/N-ethyl adjacent to an activating group) is 1. The van der Waals surface area contributed by atoms with Gasteiger partial charge in [-0.15, -0.1) is 11.3 Å². The summed E-state index contributed by atoms with van der Waals surface area (Å²) in [6, 6.07) is 4.63. The van der Waals surface area contributed by atoms with E-state index in [4.69, 9.17) is 5.84 Å². The molecule has 3 N–H and O–H groups in total. The quantitative estimate of drug-likeness (QED) is 0.440. The summed E-state index contributed by atoms with van der Waals surface area (Å²) in [5, 5.41) is 2.10. The van der Waals surface area contributed by atoms with Gasteiger partial charge in [-0.1, -0.05) is 6.07 Å². The smallest absolute Gasteiger partial charge is 0.233 e. The molecule has 4 nitrogen and oxygen atoms in total. The van der Waals surface area contributed by atoms with E-state index in [2.05, 4.69) is 41.8 Å². The molecule has 1 unspecified atom stereocenters. The molecule has 1 aromatic heterocycles. The summed E-state index contributed by atoms with van der Waals surface area (Å²) in [5.74, 6) is 4.95. The first-order valence-electron chi connectivity index (χ1n) is 5.85. The minimum absolute atomic E-state index is 0.0940. The van der Waals surface area contributed by atoms with Crippen molar-refractivity contribution in [2.45, 2.75) is 32.2 Å². The predicted molar refractivity (Wildman–Crippen MR) is 71.7 cm³/mol. The third-order valence-electron chi connectivity index (χ3n) is 2.99. The molecule has 0 radical (unpaired) electrons. The zero-order valence-electron chi connectivity index (χ0n) is 10.5. The maximum atomic E-state index is 11.0. The Bertz CT molecular complexity index is 327. The number of hydrogen-bond acceptors (Lipinski definition) is 4. The Balaban J connectivity index is 2.22. The van der Waals surface area contributed by atoms with Gasteiger partial charge in [-0.05, 0) is 38.3 Å². The fourth-order valence-corrected chi connectivity index (χ4v) is 2.29. The van der Waals surface area contributed by atoms with E-state index < -0.39 is 0 Å². The number of hydrazine groups is 1. The number of thiophene rings is 1. The van der Waals surface area contributed by atoms with Crippen LogP contribution in [0.25, 0.3) is 0 Å². The molecular formula is C12H21N3OS. The van der Waals surface area contributed by atoms with Crippen molar-refractivity contribution in [1.29, 1.82) is 0 Å². The fourth-order valence-electron chi connectivity index (χ4n) is 1.59. The second-order valence-electron chi connectivity index (χ2n) is 4.27. The Kier molecular flexibility index (Phi) is 6.18. The highest BCUT2D eigenvalue weighted by Crippen LogP contribution is 2.11. The second-order valence-corrected chi connectivity index (χ2v) is 5.30. The highest BCUT2D eigenvalue weighted by molar-refractivity contribution is 7.09. The van der Waals surface area contributed by atoms with E-state index in [0.717, 1.165) is 19.4 Å². The van der Waals surface area contributed by atoms with Crippen LogP contribution in [0.1, 0.15) is 24.6 Å². The summed E-state index contributed by atoms with van der Waals surface area (Å²) in [4.78, 5) is 14.7. The van der Waals surface area contributed by atoms with E-state index in [-0.39, 0.29) is 5.91 Å². The molecule has 0 fully saturated rings. The lowest BCUT2D eigenvalue weighted by atomic mass is 10.1. The van der Waals surface area contributed by atoms with Crippen LogP contribution in [0.15, 0.2) is 17.5 Å². The van der Waals surface area contributed by atoms with Crippen LogP contribution in [0.5, 0.6) is 0 Å². The third kappa shape index (κ3) is 5.30. The van der Waals surface area contributed by atoms with Crippen molar-refractivity contribution in [3.8, 4) is 0 Å². The first-order valence-corrected chi connectivity index (χ1v) is 6.73. The fraction of sp³-hybridized carbons (Fsp3) is 0.583. The van der Waals surface area contributed by atoms with E-state index >= 15 is 0 Å². The molecule has 96 valence electrons. The maximum absolute atomic E-state index is 11.0. The Labute approximate surface area is 107 Å². The number of nitrogens with two attached hydrogens (primary N) is 1. The summed E-state index contributed by atoms with van der Waals surface area (Å²) in [5.41, 5.74) is 2.16.